The van der Waals surface area contributed by atoms with Crippen LogP contribution in [-0.2, 0) is 4.74 Å². The van der Waals surface area contributed by atoms with Crippen LogP contribution in [0.3, 0.4) is 0 Å². The van der Waals surface area contributed by atoms with Crippen LogP contribution in [0.1, 0.15) is 20.8 Å². The number of fused-ring (bicyclic) bond motifs is 1. The molecule has 2 aromatic rings. The van der Waals surface area contributed by atoms with Gasteiger partial charge in [-0.3, -0.25) is 5.32 Å². The Kier molecular flexibility index (Phi) is 3.51. The summed E-state index contributed by atoms with van der Waals surface area (Å²) >= 11 is 0. The minimum absolute atomic E-state index is 0.432. The van der Waals surface area contributed by atoms with Crippen molar-refractivity contribution in [3.05, 3.63) is 36.4 Å². The van der Waals surface area contributed by atoms with E-state index in [1.807, 2.05) is 45.0 Å². The average molecular weight is 255 g/mol. The number of rotatable bonds is 1. The highest BCUT2D eigenvalue weighted by Crippen LogP contribution is 2.19. The molecule has 1 N–H and O–H groups in total. The molecule has 98 valence electrons. The Morgan fingerprint density at radius 1 is 1.11 bits per heavy atom. The monoisotopic (exact) mass is 255 g/mol. The van der Waals surface area contributed by atoms with E-state index in [4.69, 9.17) is 4.74 Å². The lowest BCUT2D eigenvalue weighted by atomic mass is 9.93. The van der Waals surface area contributed by atoms with Crippen molar-refractivity contribution in [2.45, 2.75) is 26.4 Å². The van der Waals surface area contributed by atoms with Crippen molar-refractivity contribution in [2.75, 3.05) is 5.32 Å². The summed E-state index contributed by atoms with van der Waals surface area (Å²) in [5.74, 6) is 0. The van der Waals surface area contributed by atoms with Crippen LogP contribution < -0.4 is 10.8 Å². The third-order valence-electron chi connectivity index (χ3n) is 2.64. The zero-order chi connectivity index (χ0) is 14.0. The van der Waals surface area contributed by atoms with E-state index < -0.39 is 11.7 Å². The molecule has 0 bridgehead atoms. The first kappa shape index (κ1) is 13.5. The average Bonchev–Trinajstić information content (AvgIpc) is 2.26. The van der Waals surface area contributed by atoms with Gasteiger partial charge in [-0.05, 0) is 43.7 Å². The molecule has 0 spiro atoms. The molecule has 1 amide bonds. The quantitative estimate of drug-likeness (QED) is 0.795. The topological polar surface area (TPSA) is 38.3 Å². The highest BCUT2D eigenvalue weighted by Gasteiger charge is 2.16. The van der Waals surface area contributed by atoms with E-state index >= 15 is 0 Å². The molecule has 0 saturated carbocycles. The van der Waals surface area contributed by atoms with Gasteiger partial charge in [0, 0.05) is 5.69 Å². The Morgan fingerprint density at radius 2 is 1.74 bits per heavy atom. The largest absolute Gasteiger partial charge is 0.444 e. The number of amides is 1. The number of hydrogen-bond donors (Lipinski definition) is 1. The van der Waals surface area contributed by atoms with Crippen LogP contribution in [0.25, 0.3) is 10.8 Å². The molecule has 2 aromatic carbocycles. The van der Waals surface area contributed by atoms with Gasteiger partial charge in [0.1, 0.15) is 13.4 Å². The molecular weight excluding hydrogens is 237 g/mol. The van der Waals surface area contributed by atoms with Crippen molar-refractivity contribution in [3.63, 3.8) is 0 Å². The maximum atomic E-state index is 11.7. The normalized spacial score (nSPS) is 11.3. The van der Waals surface area contributed by atoms with Crippen molar-refractivity contribution >= 4 is 35.9 Å². The fraction of sp³-hybridized carbons (Fsp3) is 0.267. The van der Waals surface area contributed by atoms with Crippen LogP contribution >= 0.6 is 0 Å². The Bertz CT molecular complexity index is 617. The highest BCUT2D eigenvalue weighted by atomic mass is 16.6. The summed E-state index contributed by atoms with van der Waals surface area (Å²) in [5, 5.41) is 5.00. The fourth-order valence-electron chi connectivity index (χ4n) is 1.86. The van der Waals surface area contributed by atoms with E-state index in [2.05, 4.69) is 25.3 Å². The zero-order valence-electron chi connectivity index (χ0n) is 11.8. The molecule has 2 rings (SSSR count). The Morgan fingerprint density at radius 3 is 2.42 bits per heavy atom. The molecule has 0 saturated heterocycles. The second-order valence-electron chi connectivity index (χ2n) is 5.69. The molecule has 0 aliphatic carbocycles. The van der Waals surface area contributed by atoms with Gasteiger partial charge in [-0.2, -0.15) is 0 Å². The van der Waals surface area contributed by atoms with Crippen molar-refractivity contribution in [1.29, 1.82) is 0 Å². The first-order valence-electron chi connectivity index (χ1n) is 6.34. The lowest BCUT2D eigenvalue weighted by Crippen LogP contribution is -2.27. The molecule has 4 heteroatoms. The van der Waals surface area contributed by atoms with Gasteiger partial charge in [0.2, 0.25) is 0 Å². The Balaban J connectivity index is 2.18. The molecule has 0 fully saturated rings. The summed E-state index contributed by atoms with van der Waals surface area (Å²) in [6.45, 7) is 5.53. The highest BCUT2D eigenvalue weighted by molar-refractivity contribution is 6.33. The second-order valence-corrected chi connectivity index (χ2v) is 5.69. The molecule has 19 heavy (non-hydrogen) atoms. The molecule has 0 aliphatic heterocycles. The van der Waals surface area contributed by atoms with Gasteiger partial charge < -0.3 is 4.74 Å². The summed E-state index contributed by atoms with van der Waals surface area (Å²) in [6.07, 6.45) is -0.432. The van der Waals surface area contributed by atoms with Crippen LogP contribution in [0.5, 0.6) is 0 Å². The summed E-state index contributed by atoms with van der Waals surface area (Å²) in [5.41, 5.74) is 1.48. The molecule has 0 radical (unpaired) electrons. The van der Waals surface area contributed by atoms with Crippen molar-refractivity contribution in [2.24, 2.45) is 0 Å². The standard InChI is InChI=1S/C15H18BNO2/c1-15(2,3)19-14(18)17-13-7-5-10-8-12(16)6-4-11(10)9-13/h4-9H,16H2,1-3H3,(H,17,18). The van der Waals surface area contributed by atoms with Crippen LogP contribution in [-0.4, -0.2) is 19.5 Å². The summed E-state index contributed by atoms with van der Waals surface area (Å²) in [6, 6.07) is 12.0. The number of ether oxygens (including phenoxy) is 1. The Hall–Kier alpha value is -1.97. The maximum Gasteiger partial charge on any atom is 0.412 e. The first-order chi connectivity index (χ1) is 8.83. The maximum absolute atomic E-state index is 11.7. The van der Waals surface area contributed by atoms with E-state index in [0.717, 1.165) is 16.5 Å². The van der Waals surface area contributed by atoms with Gasteiger partial charge in [-0.15, -0.1) is 0 Å². The molecule has 0 unspecified atom stereocenters. The van der Waals surface area contributed by atoms with Gasteiger partial charge >= 0.3 is 6.09 Å². The zero-order valence-corrected chi connectivity index (χ0v) is 11.8. The van der Waals surface area contributed by atoms with Gasteiger partial charge in [-0.1, -0.05) is 29.7 Å². The van der Waals surface area contributed by atoms with E-state index in [-0.39, 0.29) is 0 Å². The smallest absolute Gasteiger partial charge is 0.412 e. The van der Waals surface area contributed by atoms with Gasteiger partial charge in [-0.25, -0.2) is 4.79 Å². The number of hydrogen-bond acceptors (Lipinski definition) is 2. The van der Waals surface area contributed by atoms with E-state index in [1.165, 1.54) is 5.46 Å². The third-order valence-corrected chi connectivity index (χ3v) is 2.64. The van der Waals surface area contributed by atoms with Gasteiger partial charge in [0.25, 0.3) is 0 Å². The van der Waals surface area contributed by atoms with Gasteiger partial charge in [0.15, 0.2) is 0 Å². The summed E-state index contributed by atoms with van der Waals surface area (Å²) < 4.78 is 5.22. The first-order valence-corrected chi connectivity index (χ1v) is 6.34. The number of carbonyl (C=O) groups excluding carboxylic acids is 1. The minimum atomic E-state index is -0.488. The Labute approximate surface area is 114 Å². The van der Waals surface area contributed by atoms with Crippen LogP contribution in [0.4, 0.5) is 10.5 Å². The second kappa shape index (κ2) is 4.96. The molecule has 0 heterocycles. The van der Waals surface area contributed by atoms with E-state index in [0.29, 0.717) is 0 Å². The third kappa shape index (κ3) is 3.75. The summed E-state index contributed by atoms with van der Waals surface area (Å²) in [7, 11) is 2.06. The van der Waals surface area contributed by atoms with Crippen molar-refractivity contribution in [1.82, 2.24) is 0 Å². The van der Waals surface area contributed by atoms with Crippen LogP contribution in [0.15, 0.2) is 36.4 Å². The van der Waals surface area contributed by atoms with Crippen LogP contribution in [0.2, 0.25) is 0 Å². The predicted molar refractivity (Wildman–Crippen MR) is 82.0 cm³/mol. The van der Waals surface area contributed by atoms with Crippen molar-refractivity contribution in [3.8, 4) is 0 Å². The molecular formula is C15H18BNO2. The van der Waals surface area contributed by atoms with Crippen LogP contribution in [0, 0.1) is 0 Å². The number of carbonyl (C=O) groups is 1. The molecule has 0 aliphatic rings. The van der Waals surface area contributed by atoms with E-state index in [9.17, 15) is 4.79 Å². The molecule has 0 atom stereocenters. The van der Waals surface area contributed by atoms with E-state index in [1.54, 1.807) is 0 Å². The molecule has 0 aromatic heterocycles. The molecule has 3 nitrogen and oxygen atoms in total. The van der Waals surface area contributed by atoms with Crippen molar-refractivity contribution < 1.29 is 9.53 Å². The predicted octanol–water partition coefficient (Wildman–Crippen LogP) is 2.45. The van der Waals surface area contributed by atoms with Gasteiger partial charge in [0.05, 0.1) is 0 Å². The number of benzene rings is 2. The minimum Gasteiger partial charge on any atom is -0.444 e. The number of anilines is 1. The lowest BCUT2D eigenvalue weighted by molar-refractivity contribution is 0.0636. The summed E-state index contributed by atoms with van der Waals surface area (Å²) in [4.78, 5) is 11.7. The fourth-order valence-corrected chi connectivity index (χ4v) is 1.86. The lowest BCUT2D eigenvalue weighted by Gasteiger charge is -2.19. The number of nitrogens with one attached hydrogen (secondary N) is 1. The SMILES string of the molecule is Bc1ccc2cc(NC(=O)OC(C)(C)C)ccc2c1.